The Morgan fingerprint density at radius 2 is 0.676 bits per heavy atom. The summed E-state index contributed by atoms with van der Waals surface area (Å²) in [6.07, 6.45) is 0. The van der Waals surface area contributed by atoms with Gasteiger partial charge >= 0.3 is 0 Å². The van der Waals surface area contributed by atoms with Gasteiger partial charge in [0.05, 0.1) is 24.9 Å². The molecule has 170 valence electrons. The first kappa shape index (κ1) is 24.5. The van der Waals surface area contributed by atoms with Crippen LogP contribution >= 0.6 is 132 Å². The highest BCUT2D eigenvalue weighted by Crippen LogP contribution is 2.53. The molecular formula is C24H10Br4S6. The Hall–Kier alpha value is 0.120. The van der Waals surface area contributed by atoms with Crippen molar-refractivity contribution in [3.8, 4) is 50.1 Å². The van der Waals surface area contributed by atoms with Crippen LogP contribution in [-0.4, -0.2) is 0 Å². The van der Waals surface area contributed by atoms with E-state index in [-0.39, 0.29) is 0 Å². The van der Waals surface area contributed by atoms with Crippen LogP contribution in [-0.2, 0) is 0 Å². The van der Waals surface area contributed by atoms with E-state index >= 15 is 0 Å². The standard InChI is InChI=1S/C24H10Br4S6/c25-19-5-1-13(29-19)11-9-17(33-23(11)15-3-7-21(27)31-15)18-10-12(14-2-6-20(26)30-14)24(34-18)16-4-8-22(28)32-16/h1-10H. The van der Waals surface area contributed by atoms with Crippen molar-refractivity contribution in [2.24, 2.45) is 0 Å². The topological polar surface area (TPSA) is 0 Å². The summed E-state index contributed by atoms with van der Waals surface area (Å²) in [5.41, 5.74) is 2.61. The van der Waals surface area contributed by atoms with Gasteiger partial charge in [-0.25, -0.2) is 0 Å². The molecule has 6 aromatic heterocycles. The Morgan fingerprint density at radius 1 is 0.353 bits per heavy atom. The molecule has 0 aliphatic rings. The molecule has 0 unspecified atom stereocenters. The van der Waals surface area contributed by atoms with Crippen molar-refractivity contribution in [1.82, 2.24) is 0 Å². The zero-order valence-electron chi connectivity index (χ0n) is 16.7. The maximum absolute atomic E-state index is 3.65. The van der Waals surface area contributed by atoms with E-state index in [4.69, 9.17) is 0 Å². The minimum atomic E-state index is 1.15. The Labute approximate surface area is 254 Å². The molecule has 0 aliphatic heterocycles. The van der Waals surface area contributed by atoms with Gasteiger partial charge in [0.25, 0.3) is 0 Å². The molecule has 0 atom stereocenters. The number of thiophene rings is 6. The summed E-state index contributed by atoms with van der Waals surface area (Å²) in [4.78, 5) is 10.4. The molecule has 0 amide bonds. The molecular weight excluding hydrogens is 800 g/mol. The molecule has 6 rings (SSSR count). The zero-order chi connectivity index (χ0) is 23.4. The molecule has 0 N–H and O–H groups in total. The first-order valence-corrected chi connectivity index (χ1v) is 17.8. The number of halogens is 4. The third-order valence-electron chi connectivity index (χ3n) is 4.98. The van der Waals surface area contributed by atoms with Crippen LogP contribution in [0.5, 0.6) is 0 Å². The minimum Gasteiger partial charge on any atom is -0.133 e. The van der Waals surface area contributed by atoms with E-state index in [1.807, 2.05) is 22.7 Å². The van der Waals surface area contributed by atoms with Gasteiger partial charge in [0, 0.05) is 40.4 Å². The Morgan fingerprint density at radius 3 is 0.971 bits per heavy atom. The largest absolute Gasteiger partial charge is 0.133 e. The molecule has 6 heterocycles. The summed E-state index contributed by atoms with van der Waals surface area (Å²) in [7, 11) is 0. The average molecular weight is 810 g/mol. The maximum atomic E-state index is 3.65. The second-order valence-electron chi connectivity index (χ2n) is 7.12. The summed E-state index contributed by atoms with van der Waals surface area (Å²) in [5.74, 6) is 0. The van der Waals surface area contributed by atoms with E-state index in [1.165, 1.54) is 50.1 Å². The quantitative estimate of drug-likeness (QED) is 0.163. The van der Waals surface area contributed by atoms with Crippen LogP contribution in [0.2, 0.25) is 0 Å². The molecule has 0 fully saturated rings. The number of hydrogen-bond donors (Lipinski definition) is 0. The zero-order valence-corrected chi connectivity index (χ0v) is 28.0. The SMILES string of the molecule is Brc1ccc(-c2cc(-c3cc(-c4ccc(Br)s4)c(-c4ccc(Br)s4)s3)sc2-c2ccc(Br)s2)s1. The summed E-state index contributed by atoms with van der Waals surface area (Å²) in [6.45, 7) is 0. The molecule has 0 saturated carbocycles. The van der Waals surface area contributed by atoms with Gasteiger partial charge < -0.3 is 0 Å². The Bertz CT molecular complexity index is 1390. The molecule has 6 aromatic rings. The second kappa shape index (κ2) is 10.1. The normalized spacial score (nSPS) is 11.5. The van der Waals surface area contributed by atoms with Crippen LogP contribution in [0.1, 0.15) is 0 Å². The Kier molecular flexibility index (Phi) is 7.28. The van der Waals surface area contributed by atoms with Crippen molar-refractivity contribution in [2.45, 2.75) is 0 Å². The predicted molar refractivity (Wildman–Crippen MR) is 172 cm³/mol. The van der Waals surface area contributed by atoms with E-state index < -0.39 is 0 Å². The molecule has 0 aromatic carbocycles. The van der Waals surface area contributed by atoms with Gasteiger partial charge in [0.1, 0.15) is 0 Å². The van der Waals surface area contributed by atoms with Gasteiger partial charge in [-0.1, -0.05) is 0 Å². The molecule has 0 spiro atoms. The fraction of sp³-hybridized carbons (Fsp3) is 0. The van der Waals surface area contributed by atoms with E-state index in [9.17, 15) is 0 Å². The molecule has 10 heteroatoms. The van der Waals surface area contributed by atoms with E-state index in [1.54, 1.807) is 45.3 Å². The lowest BCUT2D eigenvalue weighted by atomic mass is 10.1. The van der Waals surface area contributed by atoms with Crippen molar-refractivity contribution >= 4 is 132 Å². The first-order valence-electron chi connectivity index (χ1n) is 9.75. The van der Waals surface area contributed by atoms with Gasteiger partial charge in [-0.15, -0.1) is 68.0 Å². The monoisotopic (exact) mass is 806 g/mol. The lowest BCUT2D eigenvalue weighted by molar-refractivity contribution is 1.83. The van der Waals surface area contributed by atoms with E-state index in [0.717, 1.165) is 15.1 Å². The van der Waals surface area contributed by atoms with Crippen molar-refractivity contribution in [3.05, 3.63) is 75.8 Å². The molecule has 0 nitrogen and oxygen atoms in total. The van der Waals surface area contributed by atoms with Crippen molar-refractivity contribution in [2.75, 3.05) is 0 Å². The van der Waals surface area contributed by atoms with Crippen LogP contribution in [0.15, 0.2) is 75.8 Å². The molecule has 0 radical (unpaired) electrons. The van der Waals surface area contributed by atoms with Crippen molar-refractivity contribution in [1.29, 1.82) is 0 Å². The molecule has 34 heavy (non-hydrogen) atoms. The van der Waals surface area contributed by atoms with Crippen LogP contribution < -0.4 is 0 Å². The second-order valence-corrected chi connectivity index (χ2v) is 19.1. The van der Waals surface area contributed by atoms with Gasteiger partial charge in [-0.05, 0) is 124 Å². The highest BCUT2D eigenvalue weighted by Gasteiger charge is 2.21. The van der Waals surface area contributed by atoms with Crippen molar-refractivity contribution < 1.29 is 0 Å². The van der Waals surface area contributed by atoms with E-state index in [2.05, 4.69) is 124 Å². The maximum Gasteiger partial charge on any atom is 0.0705 e. The Balaban J connectivity index is 1.53. The smallest absolute Gasteiger partial charge is 0.0705 e. The summed E-state index contributed by atoms with van der Waals surface area (Å²) in [5, 5.41) is 0. The average Bonchev–Trinajstić information content (AvgIpc) is 3.61. The number of rotatable bonds is 5. The van der Waals surface area contributed by atoms with Crippen LogP contribution in [0.3, 0.4) is 0 Å². The van der Waals surface area contributed by atoms with Gasteiger partial charge in [0.15, 0.2) is 0 Å². The lowest BCUT2D eigenvalue weighted by Gasteiger charge is -1.97. The van der Waals surface area contributed by atoms with Crippen molar-refractivity contribution in [3.63, 3.8) is 0 Å². The van der Waals surface area contributed by atoms with E-state index in [0.29, 0.717) is 0 Å². The lowest BCUT2D eigenvalue weighted by Crippen LogP contribution is -1.70. The summed E-state index contributed by atoms with van der Waals surface area (Å²) < 4.78 is 4.62. The molecule has 0 aliphatic carbocycles. The molecule has 0 bridgehead atoms. The van der Waals surface area contributed by atoms with Crippen LogP contribution in [0, 0.1) is 0 Å². The third kappa shape index (κ3) is 4.85. The minimum absolute atomic E-state index is 1.15. The summed E-state index contributed by atoms with van der Waals surface area (Å²) in [6, 6.07) is 22.2. The van der Waals surface area contributed by atoms with Crippen LogP contribution in [0.4, 0.5) is 0 Å². The number of hydrogen-bond acceptors (Lipinski definition) is 6. The highest BCUT2D eigenvalue weighted by molar-refractivity contribution is 9.11. The van der Waals surface area contributed by atoms with Crippen LogP contribution in [0.25, 0.3) is 50.1 Å². The predicted octanol–water partition coefficient (Wildman–Crippen LogP) is 13.4. The van der Waals surface area contributed by atoms with Gasteiger partial charge in [0.2, 0.25) is 0 Å². The van der Waals surface area contributed by atoms with Gasteiger partial charge in [-0.3, -0.25) is 0 Å². The molecule has 0 saturated heterocycles. The fourth-order valence-electron chi connectivity index (χ4n) is 3.55. The summed E-state index contributed by atoms with van der Waals surface area (Å²) >= 11 is 25.5. The van der Waals surface area contributed by atoms with Gasteiger partial charge in [-0.2, -0.15) is 0 Å². The third-order valence-corrected chi connectivity index (χ3v) is 14.4. The highest BCUT2D eigenvalue weighted by atomic mass is 79.9. The fourth-order valence-corrected chi connectivity index (χ4v) is 11.9. The first-order chi connectivity index (χ1) is 16.4.